The van der Waals surface area contributed by atoms with Crippen LogP contribution in [-0.2, 0) is 11.3 Å². The number of ether oxygens (including phenoxy) is 1. The molecule has 128 valence electrons. The zero-order valence-electron chi connectivity index (χ0n) is 13.5. The highest BCUT2D eigenvalue weighted by Gasteiger charge is 2.22. The Kier molecular flexibility index (Phi) is 4.91. The molecule has 1 aliphatic rings. The number of aromatic nitrogens is 2. The van der Waals surface area contributed by atoms with Crippen molar-refractivity contribution < 1.29 is 9.66 Å². The number of hydrogen-bond donors (Lipinski definition) is 1. The van der Waals surface area contributed by atoms with Gasteiger partial charge in [0.1, 0.15) is 12.0 Å². The molecule has 8 nitrogen and oxygen atoms in total. The van der Waals surface area contributed by atoms with Crippen molar-refractivity contribution in [3.05, 3.63) is 40.2 Å². The van der Waals surface area contributed by atoms with Gasteiger partial charge in [-0.15, -0.1) is 0 Å². The Morgan fingerprint density at radius 3 is 2.67 bits per heavy atom. The van der Waals surface area contributed by atoms with Crippen LogP contribution in [0.15, 0.2) is 24.5 Å². The number of nitro groups is 1. The molecule has 0 saturated carbocycles. The van der Waals surface area contributed by atoms with E-state index in [2.05, 4.69) is 34.0 Å². The minimum Gasteiger partial charge on any atom is -0.372 e. The van der Waals surface area contributed by atoms with Gasteiger partial charge >= 0.3 is 5.00 Å². The zero-order valence-corrected chi connectivity index (χ0v) is 14.3. The molecule has 1 aliphatic heterocycles. The van der Waals surface area contributed by atoms with Gasteiger partial charge in [-0.05, 0) is 36.8 Å². The van der Waals surface area contributed by atoms with Crippen LogP contribution in [0.25, 0.3) is 0 Å². The fraction of sp³-hybridized carbons (Fsp3) is 0.467. The number of nitrogens with one attached hydrogen (secondary N) is 1. The summed E-state index contributed by atoms with van der Waals surface area (Å²) in [6.07, 6.45) is 3.46. The SMILES string of the molecule is CC1CN(c2ccc(CNc3ncc([N+](=O)[O-])s3)cn2)CC(C)O1. The van der Waals surface area contributed by atoms with E-state index >= 15 is 0 Å². The molecule has 3 heterocycles. The summed E-state index contributed by atoms with van der Waals surface area (Å²) in [6, 6.07) is 3.99. The summed E-state index contributed by atoms with van der Waals surface area (Å²) in [7, 11) is 0. The van der Waals surface area contributed by atoms with E-state index in [0.29, 0.717) is 11.7 Å². The van der Waals surface area contributed by atoms with Crippen molar-refractivity contribution in [2.45, 2.75) is 32.6 Å². The highest BCUT2D eigenvalue weighted by atomic mass is 32.1. The minimum absolute atomic E-state index is 0.0292. The molecule has 2 atom stereocenters. The molecule has 0 spiro atoms. The number of thiazole rings is 1. The smallest absolute Gasteiger partial charge is 0.345 e. The number of morpholine rings is 1. The van der Waals surface area contributed by atoms with E-state index in [0.717, 1.165) is 35.8 Å². The van der Waals surface area contributed by atoms with E-state index < -0.39 is 4.92 Å². The summed E-state index contributed by atoms with van der Waals surface area (Å²) in [5.74, 6) is 0.936. The topological polar surface area (TPSA) is 93.4 Å². The maximum Gasteiger partial charge on any atom is 0.345 e. The van der Waals surface area contributed by atoms with Gasteiger partial charge in [0, 0.05) is 25.8 Å². The van der Waals surface area contributed by atoms with E-state index in [1.807, 2.05) is 18.3 Å². The molecule has 1 fully saturated rings. The van der Waals surface area contributed by atoms with Gasteiger partial charge in [0.2, 0.25) is 0 Å². The van der Waals surface area contributed by atoms with E-state index in [-0.39, 0.29) is 17.2 Å². The van der Waals surface area contributed by atoms with Crippen LogP contribution in [0.2, 0.25) is 0 Å². The van der Waals surface area contributed by atoms with Crippen molar-refractivity contribution in [1.29, 1.82) is 0 Å². The maximum atomic E-state index is 10.6. The summed E-state index contributed by atoms with van der Waals surface area (Å²) in [5, 5.41) is 14.3. The van der Waals surface area contributed by atoms with Crippen LogP contribution in [0, 0.1) is 10.1 Å². The lowest BCUT2D eigenvalue weighted by molar-refractivity contribution is -0.380. The van der Waals surface area contributed by atoms with Crippen LogP contribution in [0.4, 0.5) is 16.0 Å². The highest BCUT2D eigenvalue weighted by molar-refractivity contribution is 7.18. The summed E-state index contributed by atoms with van der Waals surface area (Å²) in [6.45, 7) is 6.31. The van der Waals surface area contributed by atoms with Crippen molar-refractivity contribution in [2.24, 2.45) is 0 Å². The molecule has 2 unspecified atom stereocenters. The second-order valence-corrected chi connectivity index (χ2v) is 6.81. The van der Waals surface area contributed by atoms with Crippen molar-refractivity contribution in [3.8, 4) is 0 Å². The zero-order chi connectivity index (χ0) is 17.1. The van der Waals surface area contributed by atoms with Crippen LogP contribution in [0.5, 0.6) is 0 Å². The molecule has 0 bridgehead atoms. The molecule has 9 heteroatoms. The van der Waals surface area contributed by atoms with E-state index in [9.17, 15) is 10.1 Å². The number of rotatable bonds is 5. The highest BCUT2D eigenvalue weighted by Crippen LogP contribution is 2.25. The average Bonchev–Trinajstić information content (AvgIpc) is 3.02. The quantitative estimate of drug-likeness (QED) is 0.655. The average molecular weight is 349 g/mol. The predicted molar refractivity (Wildman–Crippen MR) is 92.6 cm³/mol. The lowest BCUT2D eigenvalue weighted by Crippen LogP contribution is -2.45. The maximum absolute atomic E-state index is 10.6. The largest absolute Gasteiger partial charge is 0.372 e. The lowest BCUT2D eigenvalue weighted by Gasteiger charge is -2.36. The Morgan fingerprint density at radius 2 is 2.08 bits per heavy atom. The molecule has 2 aromatic rings. The van der Waals surface area contributed by atoms with E-state index in [1.54, 1.807) is 0 Å². The first-order chi connectivity index (χ1) is 11.5. The molecule has 0 amide bonds. The van der Waals surface area contributed by atoms with Crippen molar-refractivity contribution in [3.63, 3.8) is 0 Å². The second kappa shape index (κ2) is 7.10. The molecular formula is C15H19N5O3S. The van der Waals surface area contributed by atoms with Gasteiger partial charge in [0.25, 0.3) is 0 Å². The molecule has 2 aromatic heterocycles. The molecule has 0 radical (unpaired) electrons. The lowest BCUT2D eigenvalue weighted by atomic mass is 10.2. The molecule has 1 saturated heterocycles. The Labute approximate surface area is 143 Å². The summed E-state index contributed by atoms with van der Waals surface area (Å²) in [4.78, 5) is 20.9. The molecule has 0 aromatic carbocycles. The standard InChI is InChI=1S/C15H19N5O3S/c1-10-8-19(9-11(2)23-10)13-4-3-12(5-16-13)6-17-15-18-7-14(24-15)20(21)22/h3-5,7,10-11H,6,8-9H2,1-2H3,(H,17,18). The summed E-state index contributed by atoms with van der Waals surface area (Å²) < 4.78 is 5.73. The summed E-state index contributed by atoms with van der Waals surface area (Å²) >= 11 is 1.02. The van der Waals surface area contributed by atoms with Gasteiger partial charge in [-0.2, -0.15) is 0 Å². The van der Waals surface area contributed by atoms with E-state index in [4.69, 9.17) is 4.74 Å². The van der Waals surface area contributed by atoms with Gasteiger partial charge in [-0.3, -0.25) is 10.1 Å². The monoisotopic (exact) mass is 349 g/mol. The third kappa shape index (κ3) is 3.98. The Bertz CT molecular complexity index is 695. The van der Waals surface area contributed by atoms with Crippen LogP contribution < -0.4 is 10.2 Å². The van der Waals surface area contributed by atoms with Gasteiger partial charge in [0.15, 0.2) is 5.13 Å². The van der Waals surface area contributed by atoms with Crippen LogP contribution in [0.1, 0.15) is 19.4 Å². The van der Waals surface area contributed by atoms with Crippen LogP contribution in [0.3, 0.4) is 0 Å². The number of hydrogen-bond acceptors (Lipinski definition) is 8. The molecule has 3 rings (SSSR count). The molecular weight excluding hydrogens is 330 g/mol. The Balaban J connectivity index is 1.59. The Hall–Kier alpha value is -2.26. The number of pyridine rings is 1. The van der Waals surface area contributed by atoms with Crippen molar-refractivity contribution in [1.82, 2.24) is 9.97 Å². The van der Waals surface area contributed by atoms with Crippen molar-refractivity contribution >= 4 is 27.3 Å². The number of anilines is 2. The van der Waals surface area contributed by atoms with Gasteiger partial charge < -0.3 is 15.0 Å². The fourth-order valence-electron chi connectivity index (χ4n) is 2.68. The fourth-order valence-corrected chi connectivity index (χ4v) is 3.31. The molecule has 0 aliphatic carbocycles. The Morgan fingerprint density at radius 1 is 1.33 bits per heavy atom. The normalized spacial score (nSPS) is 20.8. The summed E-state index contributed by atoms with van der Waals surface area (Å²) in [5.41, 5.74) is 0.992. The van der Waals surface area contributed by atoms with Gasteiger partial charge in [0.05, 0.1) is 17.1 Å². The first-order valence-electron chi connectivity index (χ1n) is 7.70. The third-order valence-electron chi connectivity index (χ3n) is 3.67. The van der Waals surface area contributed by atoms with Gasteiger partial charge in [-0.25, -0.2) is 9.97 Å². The van der Waals surface area contributed by atoms with Gasteiger partial charge in [-0.1, -0.05) is 6.07 Å². The minimum atomic E-state index is -0.441. The third-order valence-corrected chi connectivity index (χ3v) is 4.58. The number of nitrogens with zero attached hydrogens (tertiary/aromatic N) is 4. The first kappa shape index (κ1) is 16.6. The second-order valence-electron chi connectivity index (χ2n) is 5.80. The molecule has 1 N–H and O–H groups in total. The first-order valence-corrected chi connectivity index (χ1v) is 8.52. The van der Waals surface area contributed by atoms with Crippen LogP contribution in [-0.4, -0.2) is 40.2 Å². The van der Waals surface area contributed by atoms with Crippen LogP contribution >= 0.6 is 11.3 Å². The van der Waals surface area contributed by atoms with E-state index in [1.165, 1.54) is 6.20 Å². The molecule has 24 heavy (non-hydrogen) atoms. The van der Waals surface area contributed by atoms with Crippen molar-refractivity contribution in [2.75, 3.05) is 23.3 Å². The predicted octanol–water partition coefficient (Wildman–Crippen LogP) is 2.67.